The van der Waals surface area contributed by atoms with Crippen LogP contribution < -0.4 is 4.74 Å². The fourth-order valence-corrected chi connectivity index (χ4v) is 4.16. The predicted molar refractivity (Wildman–Crippen MR) is 127 cm³/mol. The van der Waals surface area contributed by atoms with Crippen LogP contribution in [0.15, 0.2) is 91.1 Å². The van der Waals surface area contributed by atoms with Gasteiger partial charge in [0.15, 0.2) is 0 Å². The monoisotopic (exact) mass is 439 g/mol. The van der Waals surface area contributed by atoms with Gasteiger partial charge in [-0.3, -0.25) is 4.79 Å². The van der Waals surface area contributed by atoms with Crippen LogP contribution in [0.25, 0.3) is 16.9 Å². The highest BCUT2D eigenvalue weighted by atomic mass is 16.5. The summed E-state index contributed by atoms with van der Waals surface area (Å²) in [5, 5.41) is 4.81. The molecule has 0 N–H and O–H groups in total. The summed E-state index contributed by atoms with van der Waals surface area (Å²) in [5.41, 5.74) is 3.88. The van der Waals surface area contributed by atoms with Gasteiger partial charge < -0.3 is 14.4 Å². The number of amides is 1. The fraction of sp³-hybridized carbons (Fsp3) is 0.185. The summed E-state index contributed by atoms with van der Waals surface area (Å²) in [6, 6.07) is 27.5. The predicted octanol–water partition coefficient (Wildman–Crippen LogP) is 4.76. The van der Waals surface area contributed by atoms with Gasteiger partial charge in [0.05, 0.1) is 31.5 Å². The van der Waals surface area contributed by atoms with E-state index in [1.807, 2.05) is 96.0 Å². The van der Waals surface area contributed by atoms with Gasteiger partial charge in [-0.1, -0.05) is 60.7 Å². The lowest BCUT2D eigenvalue weighted by atomic mass is 10.0. The SMILES string of the molecule is COc1ccccc1-c1nn(-c2ccccc2)cc1C(=O)N1CCO[C@H](c2ccccc2)C1. The molecule has 1 amide bonds. The van der Waals surface area contributed by atoms with Crippen molar-refractivity contribution in [3.8, 4) is 22.7 Å². The molecule has 6 nitrogen and oxygen atoms in total. The number of benzene rings is 3. The molecule has 5 rings (SSSR count). The van der Waals surface area contributed by atoms with Crippen LogP contribution in [0.1, 0.15) is 22.0 Å². The van der Waals surface area contributed by atoms with Crippen molar-refractivity contribution in [1.29, 1.82) is 0 Å². The molecule has 1 atom stereocenters. The summed E-state index contributed by atoms with van der Waals surface area (Å²) >= 11 is 0. The largest absolute Gasteiger partial charge is 0.496 e. The summed E-state index contributed by atoms with van der Waals surface area (Å²) in [4.78, 5) is 15.6. The zero-order chi connectivity index (χ0) is 22.6. The van der Waals surface area contributed by atoms with Gasteiger partial charge in [0, 0.05) is 18.3 Å². The second-order valence-electron chi connectivity index (χ2n) is 7.89. The summed E-state index contributed by atoms with van der Waals surface area (Å²) in [7, 11) is 1.63. The molecular weight excluding hydrogens is 414 g/mol. The van der Waals surface area contributed by atoms with Crippen LogP contribution >= 0.6 is 0 Å². The van der Waals surface area contributed by atoms with Crippen LogP contribution in [0.3, 0.4) is 0 Å². The Morgan fingerprint density at radius 2 is 1.67 bits per heavy atom. The maximum Gasteiger partial charge on any atom is 0.257 e. The van der Waals surface area contributed by atoms with Crippen molar-refractivity contribution in [2.24, 2.45) is 0 Å². The van der Waals surface area contributed by atoms with E-state index in [0.29, 0.717) is 36.7 Å². The number of morpholine rings is 1. The number of hydrogen-bond acceptors (Lipinski definition) is 4. The molecule has 0 unspecified atom stereocenters. The topological polar surface area (TPSA) is 56.6 Å². The first kappa shape index (κ1) is 21.0. The number of carbonyl (C=O) groups is 1. The molecule has 1 aliphatic rings. The van der Waals surface area contributed by atoms with E-state index < -0.39 is 0 Å². The van der Waals surface area contributed by atoms with Gasteiger partial charge >= 0.3 is 0 Å². The second kappa shape index (κ2) is 9.30. The summed E-state index contributed by atoms with van der Waals surface area (Å²) in [6.07, 6.45) is 1.66. The molecule has 0 saturated carbocycles. The zero-order valence-corrected chi connectivity index (χ0v) is 18.4. The number of methoxy groups -OCH3 is 1. The Kier molecular flexibility index (Phi) is 5.91. The minimum atomic E-state index is -0.150. The molecule has 1 fully saturated rings. The molecule has 2 heterocycles. The lowest BCUT2D eigenvalue weighted by molar-refractivity contribution is -0.0228. The molecule has 0 radical (unpaired) electrons. The Bertz CT molecular complexity index is 1240. The Morgan fingerprint density at radius 1 is 0.970 bits per heavy atom. The molecular formula is C27H25N3O3. The van der Waals surface area contributed by atoms with Crippen LogP contribution in [-0.4, -0.2) is 47.4 Å². The molecule has 0 bridgehead atoms. The smallest absolute Gasteiger partial charge is 0.257 e. The second-order valence-corrected chi connectivity index (χ2v) is 7.89. The Balaban J connectivity index is 1.53. The van der Waals surface area contributed by atoms with Gasteiger partial charge in [-0.25, -0.2) is 4.68 Å². The third kappa shape index (κ3) is 4.25. The first-order valence-corrected chi connectivity index (χ1v) is 11.0. The highest BCUT2D eigenvalue weighted by molar-refractivity contribution is 6.00. The van der Waals surface area contributed by atoms with E-state index in [2.05, 4.69) is 0 Å². The molecule has 1 saturated heterocycles. The van der Waals surface area contributed by atoms with Gasteiger partial charge in [-0.05, 0) is 29.8 Å². The van der Waals surface area contributed by atoms with Gasteiger partial charge in [0.1, 0.15) is 17.5 Å². The van der Waals surface area contributed by atoms with E-state index in [-0.39, 0.29) is 12.0 Å². The molecule has 6 heteroatoms. The van der Waals surface area contributed by atoms with Crippen LogP contribution in [0.2, 0.25) is 0 Å². The van der Waals surface area contributed by atoms with E-state index in [1.165, 1.54) is 0 Å². The average molecular weight is 440 g/mol. The first-order valence-electron chi connectivity index (χ1n) is 11.0. The van der Waals surface area contributed by atoms with Gasteiger partial charge in [-0.2, -0.15) is 5.10 Å². The van der Waals surface area contributed by atoms with E-state index >= 15 is 0 Å². The van der Waals surface area contributed by atoms with E-state index in [1.54, 1.807) is 11.8 Å². The number of rotatable bonds is 5. The number of ether oxygens (including phenoxy) is 2. The molecule has 1 aromatic heterocycles. The highest BCUT2D eigenvalue weighted by Gasteiger charge is 2.30. The number of aromatic nitrogens is 2. The summed E-state index contributed by atoms with van der Waals surface area (Å²) in [5.74, 6) is 0.608. The normalized spacial score (nSPS) is 15.9. The first-order chi connectivity index (χ1) is 16.2. The maximum absolute atomic E-state index is 13.8. The molecule has 4 aromatic rings. The molecule has 1 aliphatic heterocycles. The zero-order valence-electron chi connectivity index (χ0n) is 18.4. The number of nitrogens with zero attached hydrogens (tertiary/aromatic N) is 3. The van der Waals surface area contributed by atoms with Crippen molar-refractivity contribution in [2.75, 3.05) is 26.8 Å². The standard InChI is InChI=1S/C27H25N3O3/c1-32-24-15-9-8-14-22(24)26-23(18-30(28-26)21-12-6-3-7-13-21)27(31)29-16-17-33-25(19-29)20-10-4-2-5-11-20/h2-15,18,25H,16-17,19H2,1H3/t25-/m0/s1. The van der Waals surface area contributed by atoms with Crippen molar-refractivity contribution >= 4 is 5.91 Å². The Morgan fingerprint density at radius 3 is 2.42 bits per heavy atom. The maximum atomic E-state index is 13.8. The number of para-hydroxylation sites is 2. The number of hydrogen-bond donors (Lipinski definition) is 0. The van der Waals surface area contributed by atoms with Crippen molar-refractivity contribution in [1.82, 2.24) is 14.7 Å². The Labute approximate surface area is 193 Å². The van der Waals surface area contributed by atoms with Gasteiger partial charge in [0.2, 0.25) is 0 Å². The van der Waals surface area contributed by atoms with Crippen molar-refractivity contribution in [3.63, 3.8) is 0 Å². The van der Waals surface area contributed by atoms with Crippen molar-refractivity contribution < 1.29 is 14.3 Å². The van der Waals surface area contributed by atoms with Crippen LogP contribution in [0.5, 0.6) is 5.75 Å². The molecule has 33 heavy (non-hydrogen) atoms. The minimum Gasteiger partial charge on any atom is -0.496 e. The average Bonchev–Trinajstić information content (AvgIpc) is 3.34. The van der Waals surface area contributed by atoms with Crippen LogP contribution in [0, 0.1) is 0 Å². The lowest BCUT2D eigenvalue weighted by Crippen LogP contribution is -2.42. The molecule has 166 valence electrons. The Hall–Kier alpha value is -3.90. The molecule has 3 aromatic carbocycles. The number of carbonyl (C=O) groups excluding carboxylic acids is 1. The fourth-order valence-electron chi connectivity index (χ4n) is 4.16. The third-order valence-corrected chi connectivity index (χ3v) is 5.85. The highest BCUT2D eigenvalue weighted by Crippen LogP contribution is 2.33. The molecule has 0 aliphatic carbocycles. The molecule has 0 spiro atoms. The minimum absolute atomic E-state index is 0.0673. The van der Waals surface area contributed by atoms with Gasteiger partial charge in [-0.15, -0.1) is 0 Å². The van der Waals surface area contributed by atoms with E-state index in [9.17, 15) is 4.79 Å². The summed E-state index contributed by atoms with van der Waals surface area (Å²) in [6.45, 7) is 1.51. The van der Waals surface area contributed by atoms with Crippen LogP contribution in [-0.2, 0) is 4.74 Å². The van der Waals surface area contributed by atoms with Crippen molar-refractivity contribution in [2.45, 2.75) is 6.10 Å². The third-order valence-electron chi connectivity index (χ3n) is 5.85. The van der Waals surface area contributed by atoms with E-state index in [0.717, 1.165) is 16.8 Å². The van der Waals surface area contributed by atoms with Crippen LogP contribution in [0.4, 0.5) is 0 Å². The van der Waals surface area contributed by atoms with Crippen molar-refractivity contribution in [3.05, 3.63) is 102 Å². The summed E-state index contributed by atoms with van der Waals surface area (Å²) < 4.78 is 13.3. The lowest BCUT2D eigenvalue weighted by Gasteiger charge is -2.33. The van der Waals surface area contributed by atoms with Gasteiger partial charge in [0.25, 0.3) is 5.91 Å². The van der Waals surface area contributed by atoms with E-state index in [4.69, 9.17) is 14.6 Å². The quantitative estimate of drug-likeness (QED) is 0.450.